The van der Waals surface area contributed by atoms with E-state index in [4.69, 9.17) is 0 Å². The van der Waals surface area contributed by atoms with Gasteiger partial charge in [0.1, 0.15) is 0 Å². The first kappa shape index (κ1) is 26.9. The van der Waals surface area contributed by atoms with Gasteiger partial charge in [-0.25, -0.2) is 4.79 Å². The summed E-state index contributed by atoms with van der Waals surface area (Å²) in [5.41, 5.74) is 1.91. The van der Waals surface area contributed by atoms with Gasteiger partial charge in [-0.1, -0.05) is 61.9 Å². The number of carbonyl (C=O) groups excluding carboxylic acids is 1. The number of ether oxygens (including phenoxy) is 1. The number of unbranched alkanes of at least 4 members (excludes halogenated alkanes) is 1. The summed E-state index contributed by atoms with van der Waals surface area (Å²) in [4.78, 5) is 12.5. The molecule has 0 saturated heterocycles. The van der Waals surface area contributed by atoms with Gasteiger partial charge in [0.25, 0.3) is 0 Å². The maximum Gasteiger partial charge on any atom is 0.477 e. The molecule has 8 nitrogen and oxygen atoms in total. The number of aryl methyl sites for hydroxylation is 1. The Morgan fingerprint density at radius 1 is 1.03 bits per heavy atom. The predicted octanol–water partition coefficient (Wildman–Crippen LogP) is 5.56. The van der Waals surface area contributed by atoms with Crippen LogP contribution in [0.3, 0.4) is 0 Å². The molecule has 2 heterocycles. The van der Waals surface area contributed by atoms with Crippen LogP contribution in [0.1, 0.15) is 47.1 Å². The Hall–Kier alpha value is -4.16. The highest BCUT2D eigenvalue weighted by Crippen LogP contribution is 2.41. The lowest BCUT2D eigenvalue weighted by molar-refractivity contribution is -0.328. The van der Waals surface area contributed by atoms with Crippen LogP contribution in [0.25, 0.3) is 22.5 Å². The van der Waals surface area contributed by atoms with Crippen LogP contribution in [0.4, 0.5) is 22.0 Å². The normalized spacial score (nSPS) is 12.1. The molecule has 4 aromatic rings. The Morgan fingerprint density at radius 3 is 2.29 bits per heavy atom. The van der Waals surface area contributed by atoms with Gasteiger partial charge in [0.15, 0.2) is 5.69 Å². The summed E-state index contributed by atoms with van der Waals surface area (Å²) in [6.07, 6.45) is -4.83. The minimum Gasteiger partial charge on any atom is -0.464 e. The number of nitrogens with zero attached hydrogens (tertiary/aromatic N) is 5. The molecular formula is C25H23F5N6O2. The van der Waals surface area contributed by atoms with Crippen molar-refractivity contribution in [2.45, 2.75) is 44.8 Å². The molecule has 38 heavy (non-hydrogen) atoms. The number of tetrazole rings is 1. The molecule has 0 spiro atoms. The molecule has 0 unspecified atom stereocenters. The van der Waals surface area contributed by atoms with E-state index in [0.717, 1.165) is 23.8 Å². The smallest absolute Gasteiger partial charge is 0.464 e. The van der Waals surface area contributed by atoms with Gasteiger partial charge in [0.2, 0.25) is 5.82 Å². The zero-order valence-electron chi connectivity index (χ0n) is 20.4. The number of hydrogen-bond acceptors (Lipinski definition) is 6. The number of hydrogen-bond donors (Lipinski definition) is 1. The van der Waals surface area contributed by atoms with Crippen molar-refractivity contribution in [1.29, 1.82) is 0 Å². The van der Waals surface area contributed by atoms with Crippen molar-refractivity contribution >= 4 is 5.97 Å². The van der Waals surface area contributed by atoms with Crippen LogP contribution in [-0.2, 0) is 23.6 Å². The Labute approximate surface area is 213 Å². The third-order valence-electron chi connectivity index (χ3n) is 5.98. The van der Waals surface area contributed by atoms with Gasteiger partial charge in [-0.3, -0.25) is 0 Å². The number of nitrogens with one attached hydrogen (secondary N) is 1. The number of alkyl halides is 5. The monoisotopic (exact) mass is 534 g/mol. The second-order valence-electron chi connectivity index (χ2n) is 8.47. The first-order valence-electron chi connectivity index (χ1n) is 11.6. The molecule has 0 radical (unpaired) electrons. The molecule has 0 atom stereocenters. The van der Waals surface area contributed by atoms with Gasteiger partial charge in [-0.2, -0.15) is 36.9 Å². The molecule has 0 fully saturated rings. The molecule has 0 aliphatic rings. The number of H-pyrrole nitrogens is 1. The molecule has 1 N–H and O–H groups in total. The second kappa shape index (κ2) is 10.7. The van der Waals surface area contributed by atoms with Crippen LogP contribution in [0.2, 0.25) is 0 Å². The Bertz CT molecular complexity index is 1400. The molecular weight excluding hydrogens is 511 g/mol. The highest BCUT2D eigenvalue weighted by Gasteiger charge is 2.62. The van der Waals surface area contributed by atoms with Gasteiger partial charge < -0.3 is 4.74 Å². The van der Waals surface area contributed by atoms with Crippen LogP contribution in [0.15, 0.2) is 48.5 Å². The van der Waals surface area contributed by atoms with Gasteiger partial charge in [-0.15, -0.1) is 10.2 Å². The maximum atomic E-state index is 14.4. The van der Waals surface area contributed by atoms with Crippen molar-refractivity contribution in [1.82, 2.24) is 30.4 Å². The molecule has 2 aromatic carbocycles. The van der Waals surface area contributed by atoms with Crippen molar-refractivity contribution in [2.24, 2.45) is 0 Å². The molecule has 200 valence electrons. The minimum atomic E-state index is -5.96. The van der Waals surface area contributed by atoms with Crippen molar-refractivity contribution in [3.8, 4) is 22.5 Å². The summed E-state index contributed by atoms with van der Waals surface area (Å²) in [6, 6.07) is 8.89. The van der Waals surface area contributed by atoms with Crippen LogP contribution in [0, 0.1) is 0 Å². The first-order chi connectivity index (χ1) is 18.1. The van der Waals surface area contributed by atoms with E-state index in [1.54, 1.807) is 24.3 Å². The highest BCUT2D eigenvalue weighted by atomic mass is 19.4. The van der Waals surface area contributed by atoms with E-state index in [-0.39, 0.29) is 24.1 Å². The van der Waals surface area contributed by atoms with E-state index in [2.05, 4.69) is 30.5 Å². The van der Waals surface area contributed by atoms with E-state index in [1.165, 1.54) is 0 Å². The molecule has 0 aliphatic carbocycles. The quantitative estimate of drug-likeness (QED) is 0.223. The van der Waals surface area contributed by atoms with Gasteiger partial charge in [0, 0.05) is 17.5 Å². The SMILES string of the molecule is CCCCc1nn(C(F)(F)C(F)(F)F)c(C(=O)OC)c1Cc1ccc(-c2ccccc2-c2nn[nH]n2)cc1. The minimum absolute atomic E-state index is 0.0114. The fourth-order valence-corrected chi connectivity index (χ4v) is 4.07. The average molecular weight is 534 g/mol. The summed E-state index contributed by atoms with van der Waals surface area (Å²) in [5.74, 6) is -0.934. The summed E-state index contributed by atoms with van der Waals surface area (Å²) >= 11 is 0. The Kier molecular flexibility index (Phi) is 7.56. The van der Waals surface area contributed by atoms with Crippen LogP contribution < -0.4 is 0 Å². The predicted molar refractivity (Wildman–Crippen MR) is 126 cm³/mol. The van der Waals surface area contributed by atoms with Crippen molar-refractivity contribution in [2.75, 3.05) is 7.11 Å². The number of carbonyl (C=O) groups is 1. The average Bonchev–Trinajstić information content (AvgIpc) is 3.56. The van der Waals surface area contributed by atoms with E-state index in [9.17, 15) is 26.7 Å². The lowest BCUT2D eigenvalue weighted by atomic mass is 9.95. The zero-order valence-corrected chi connectivity index (χ0v) is 20.4. The molecule has 2 aromatic heterocycles. The van der Waals surface area contributed by atoms with E-state index in [1.807, 2.05) is 31.2 Å². The van der Waals surface area contributed by atoms with Crippen molar-refractivity contribution in [3.05, 3.63) is 71.0 Å². The number of benzene rings is 2. The topological polar surface area (TPSA) is 98.6 Å². The lowest BCUT2D eigenvalue weighted by Gasteiger charge is -2.21. The number of aromatic amines is 1. The third kappa shape index (κ3) is 5.13. The number of halogens is 5. The van der Waals surface area contributed by atoms with Gasteiger partial charge >= 0.3 is 18.2 Å². The van der Waals surface area contributed by atoms with Crippen LogP contribution in [0.5, 0.6) is 0 Å². The Morgan fingerprint density at radius 2 is 1.71 bits per heavy atom. The van der Waals surface area contributed by atoms with Crippen molar-refractivity contribution < 1.29 is 31.5 Å². The van der Waals surface area contributed by atoms with E-state index < -0.39 is 28.6 Å². The van der Waals surface area contributed by atoms with Crippen molar-refractivity contribution in [3.63, 3.8) is 0 Å². The van der Waals surface area contributed by atoms with Crippen LogP contribution in [-0.4, -0.2) is 49.7 Å². The summed E-state index contributed by atoms with van der Waals surface area (Å²) in [6.45, 7) is 1.84. The summed E-state index contributed by atoms with van der Waals surface area (Å²) in [5, 5.41) is 17.6. The molecule has 0 bridgehead atoms. The van der Waals surface area contributed by atoms with Gasteiger partial charge in [0.05, 0.1) is 12.8 Å². The summed E-state index contributed by atoms with van der Waals surface area (Å²) in [7, 11) is 0.914. The lowest BCUT2D eigenvalue weighted by Crippen LogP contribution is -2.42. The highest BCUT2D eigenvalue weighted by molar-refractivity contribution is 5.90. The maximum absolute atomic E-state index is 14.4. The fraction of sp³-hybridized carbons (Fsp3) is 0.320. The van der Waals surface area contributed by atoms with E-state index in [0.29, 0.717) is 24.2 Å². The van der Waals surface area contributed by atoms with Crippen LogP contribution >= 0.6 is 0 Å². The fourth-order valence-electron chi connectivity index (χ4n) is 4.07. The molecule has 0 amide bonds. The summed E-state index contributed by atoms with van der Waals surface area (Å²) < 4.78 is 72.6. The zero-order chi connectivity index (χ0) is 27.5. The molecule has 13 heteroatoms. The number of aromatic nitrogens is 6. The third-order valence-corrected chi connectivity index (χ3v) is 5.98. The molecule has 4 rings (SSSR count). The van der Waals surface area contributed by atoms with Gasteiger partial charge in [-0.05, 0) is 34.7 Å². The standard InChI is InChI=1S/C25H23F5N6O2/c1-3-4-9-20-19(21(23(37)38-2)36(33-20)25(29,30)24(26,27)28)14-15-10-12-16(13-11-15)17-7-5-6-8-18(17)22-31-34-35-32-22/h5-8,10-13H,3-4,9,14H2,1-2H3,(H,31,32,34,35). The number of rotatable bonds is 9. The largest absolute Gasteiger partial charge is 0.477 e. The number of esters is 1. The molecule has 0 saturated carbocycles. The number of methoxy groups -OCH3 is 1. The van der Waals surface area contributed by atoms with E-state index >= 15 is 0 Å². The first-order valence-corrected chi connectivity index (χ1v) is 11.6. The second-order valence-corrected chi connectivity index (χ2v) is 8.47. The Balaban J connectivity index is 1.75. The molecule has 0 aliphatic heterocycles.